The van der Waals surface area contributed by atoms with Crippen molar-refractivity contribution in [2.24, 2.45) is 41.4 Å². The Morgan fingerprint density at radius 3 is 1.05 bits per heavy atom. The molecule has 0 saturated carbocycles. The van der Waals surface area contributed by atoms with Crippen LogP contribution in [0, 0.1) is 41.4 Å². The molecule has 6 N–H and O–H groups in total. The summed E-state index contributed by atoms with van der Waals surface area (Å²) < 4.78 is 63.2. The van der Waals surface area contributed by atoms with Gasteiger partial charge in [0, 0.05) is 11.6 Å². The van der Waals surface area contributed by atoms with Crippen LogP contribution in [-0.4, -0.2) is 155 Å². The molecule has 9 rings (SSSR count). The topological polar surface area (TPSA) is 385 Å². The van der Waals surface area contributed by atoms with E-state index in [1.165, 1.54) is 51.6 Å². The van der Waals surface area contributed by atoms with Crippen molar-refractivity contribution in [1.29, 1.82) is 0 Å². The molecule has 7 unspecified atom stereocenters. The maximum Gasteiger partial charge on any atom is 0.343 e. The van der Waals surface area contributed by atoms with Crippen LogP contribution in [0.4, 0.5) is 0 Å². The van der Waals surface area contributed by atoms with Gasteiger partial charge < -0.3 is 77.8 Å². The van der Waals surface area contributed by atoms with Gasteiger partial charge in [-0.2, -0.15) is 0 Å². The predicted molar refractivity (Wildman–Crippen MR) is 520 cm³/mol. The molecular weight excluding hydrogens is 1700 g/mol. The van der Waals surface area contributed by atoms with Crippen molar-refractivity contribution in [2.75, 3.05) is 59.5 Å². The van der Waals surface area contributed by atoms with Gasteiger partial charge in [0.25, 0.3) is 0 Å². The average molecular weight is 1840 g/mol. The number of esters is 9. The molecule has 9 aromatic rings. The SMILES string of the molecule is C=CC(=O)OCCOC(=O)C(C)CC.CCC(C)C(=O)OCCCCOc1ccc(C(=O)Oc2ccc([B]O)cc2)cc1.CCC(C)C(=O)OCCCCOc1ccc(C(=O)Oc2ccc([B]O)cc2)cc1.CCC(C)C(=O)OCCCCOc1ccc(C=O)cc1.CCC(C)C(=O)OCc1ccc2ccc3cccc4ccc1c2c34.CCCCC(CC)COC(=O)C(C)CC.O.O. The second kappa shape index (κ2) is 68.1. The van der Waals surface area contributed by atoms with E-state index >= 15 is 0 Å². The molecule has 0 bridgehead atoms. The monoisotopic (exact) mass is 1840 g/mol. The number of carbonyl (C=O) groups is 10. The molecule has 0 spiro atoms. The van der Waals surface area contributed by atoms with Gasteiger partial charge in [0.05, 0.1) is 92.9 Å². The Bertz CT molecular complexity index is 4680. The number of aldehydes is 1. The third-order valence-electron chi connectivity index (χ3n) is 21.7. The van der Waals surface area contributed by atoms with Gasteiger partial charge in [0.15, 0.2) is 0 Å². The zero-order valence-corrected chi connectivity index (χ0v) is 80.1. The van der Waals surface area contributed by atoms with Crippen molar-refractivity contribution >= 4 is 118 Å². The number of carbonyl (C=O) groups excluding carboxylic acids is 10. The highest BCUT2D eigenvalue weighted by Gasteiger charge is 2.21. The zero-order chi connectivity index (χ0) is 96.3. The molecule has 2 radical (unpaired) electrons. The van der Waals surface area contributed by atoms with Crippen molar-refractivity contribution in [1.82, 2.24) is 0 Å². The summed E-state index contributed by atoms with van der Waals surface area (Å²) in [5, 5.41) is 25.3. The first-order valence-electron chi connectivity index (χ1n) is 45.9. The van der Waals surface area contributed by atoms with Gasteiger partial charge in [0.1, 0.15) is 54.9 Å². The Labute approximate surface area is 786 Å². The van der Waals surface area contributed by atoms with E-state index in [1.54, 1.807) is 128 Å². The third kappa shape index (κ3) is 44.9. The summed E-state index contributed by atoms with van der Waals surface area (Å²) in [5.74, 6) is 0.839. The van der Waals surface area contributed by atoms with Crippen LogP contribution in [-0.2, 0) is 73.3 Å². The first-order chi connectivity index (χ1) is 63.2. The normalized spacial score (nSPS) is 11.9. The van der Waals surface area contributed by atoms with Gasteiger partial charge in [-0.05, 0) is 224 Å². The summed E-state index contributed by atoms with van der Waals surface area (Å²) in [6, 6.07) is 52.6. The smallest absolute Gasteiger partial charge is 0.343 e. The van der Waals surface area contributed by atoms with Crippen LogP contribution in [0.3, 0.4) is 0 Å². The summed E-state index contributed by atoms with van der Waals surface area (Å²) in [7, 11) is 1.95. The largest absolute Gasteiger partial charge is 0.494 e. The van der Waals surface area contributed by atoms with E-state index in [0.29, 0.717) is 109 Å². The molecule has 26 nitrogen and oxygen atoms in total. The van der Waals surface area contributed by atoms with Gasteiger partial charge in [-0.15, -0.1) is 0 Å². The zero-order valence-electron chi connectivity index (χ0n) is 80.1. The summed E-state index contributed by atoms with van der Waals surface area (Å²) in [5.41, 5.74) is 3.77. The Balaban J connectivity index is 0.000000549. The molecule has 0 aliphatic heterocycles. The van der Waals surface area contributed by atoms with Gasteiger partial charge in [0.2, 0.25) is 0 Å². The van der Waals surface area contributed by atoms with E-state index in [-0.39, 0.29) is 95.5 Å². The van der Waals surface area contributed by atoms with Crippen LogP contribution >= 0.6 is 0 Å². The molecule has 0 amide bonds. The molecule has 0 saturated heterocycles. The standard InChI is InChI=1S/2C22H26BO6.C22H20O2.C16H22O4.C13H26O2.C10H16O4.2H2O/c2*1-3-16(2)21(24)28-15-5-4-14-27-19-10-6-17(7-11-19)22(25)29-20-12-8-18(23-26)9-13-20;1-3-14(2)22(23)24-13-18-10-9-17-8-7-15-5-4-6-16-11-12-19(18)21(17)20(15)16;1-3-13(2)16(18)20-11-5-4-10-19-15-8-6-14(12-17)7-9-15;1-5-8-9-12(7-3)10-15-13(14)11(4)6-2;1-4-8(3)10(12)14-7-6-13-9(11)5-2;;/h2*6-13,16,26H,3-5,14-15H2,1-2H3;4-12,14H,3,13H2,1-2H3;6-9,12-13H,3-5,10-11H2,1-2H3;11-12H,5-10H2,1-4H3;5,8H,2,4,6-7H2,1,3H3;2*1H2. The molecule has 0 aliphatic carbocycles. The Kier molecular flexibility index (Phi) is 60.0. The minimum Gasteiger partial charge on any atom is -0.494 e. The highest BCUT2D eigenvalue weighted by molar-refractivity contribution is 6.45. The highest BCUT2D eigenvalue weighted by Crippen LogP contribution is 2.36. The minimum atomic E-state index is -0.510. The lowest BCUT2D eigenvalue weighted by atomic mass is 9.89. The predicted octanol–water partition coefficient (Wildman–Crippen LogP) is 18.2. The van der Waals surface area contributed by atoms with Crippen LogP contribution in [0.1, 0.15) is 236 Å². The molecule has 0 aromatic heterocycles. The number of hydrogen-bond acceptors (Lipinski definition) is 24. The Morgan fingerprint density at radius 1 is 0.353 bits per heavy atom. The maximum atomic E-state index is 12.2. The quantitative estimate of drug-likeness (QED) is 0.00522. The van der Waals surface area contributed by atoms with E-state index in [4.69, 9.17) is 62.2 Å². The molecule has 28 heteroatoms. The van der Waals surface area contributed by atoms with E-state index in [0.717, 1.165) is 122 Å². The second-order valence-corrected chi connectivity index (χ2v) is 31.7. The Hall–Kier alpha value is -12.0. The lowest BCUT2D eigenvalue weighted by molar-refractivity contribution is -0.153. The minimum absolute atomic E-state index is 0. The lowest BCUT2D eigenvalue weighted by Crippen LogP contribution is -2.18. The molecule has 133 heavy (non-hydrogen) atoms. The molecule has 0 heterocycles. The van der Waals surface area contributed by atoms with Crippen molar-refractivity contribution in [3.05, 3.63) is 211 Å². The number of rotatable bonds is 49. The highest BCUT2D eigenvalue weighted by atomic mass is 16.6. The van der Waals surface area contributed by atoms with Crippen molar-refractivity contribution in [3.8, 4) is 28.7 Å². The van der Waals surface area contributed by atoms with E-state index in [1.807, 2.05) is 76.2 Å². The van der Waals surface area contributed by atoms with Crippen LogP contribution in [0.2, 0.25) is 0 Å². The van der Waals surface area contributed by atoms with Crippen molar-refractivity contribution in [3.63, 3.8) is 0 Å². The Morgan fingerprint density at radius 2 is 0.684 bits per heavy atom. The first kappa shape index (κ1) is 117. The molecule has 0 aliphatic rings. The molecule has 0 fully saturated rings. The van der Waals surface area contributed by atoms with Crippen LogP contribution < -0.4 is 34.6 Å². The number of benzene rings is 9. The van der Waals surface area contributed by atoms with Gasteiger partial charge in [-0.25, -0.2) is 14.4 Å². The van der Waals surface area contributed by atoms with Crippen LogP contribution in [0.25, 0.3) is 32.3 Å². The fraction of sp³-hybridized carbons (Fsp3) is 0.448. The molecule has 9 aromatic carbocycles. The van der Waals surface area contributed by atoms with Crippen molar-refractivity contribution in [2.45, 2.75) is 206 Å². The molecule has 7 atom stereocenters. The maximum absolute atomic E-state index is 12.2. The van der Waals surface area contributed by atoms with E-state index in [9.17, 15) is 47.9 Å². The van der Waals surface area contributed by atoms with Gasteiger partial charge in [-0.1, -0.05) is 213 Å². The molecule has 722 valence electrons. The van der Waals surface area contributed by atoms with Crippen molar-refractivity contribution < 1.29 is 126 Å². The van der Waals surface area contributed by atoms with E-state index < -0.39 is 17.9 Å². The fourth-order valence-electron chi connectivity index (χ4n) is 11.7. The fourth-order valence-corrected chi connectivity index (χ4v) is 11.7. The molecular formula is C105H140B2O26. The van der Waals surface area contributed by atoms with Crippen LogP contribution in [0.5, 0.6) is 28.7 Å². The number of unbranched alkanes of at least 4 members (excludes halogenated alkanes) is 4. The van der Waals surface area contributed by atoms with E-state index in [2.05, 4.69) is 79.8 Å². The van der Waals surface area contributed by atoms with Gasteiger partial charge in [-0.3, -0.25) is 33.6 Å². The second-order valence-electron chi connectivity index (χ2n) is 31.7. The number of hydrogen-bond donors (Lipinski definition) is 2. The summed E-state index contributed by atoms with van der Waals surface area (Å²) in [6.07, 6.45) is 16.0. The lowest BCUT2D eigenvalue weighted by Gasteiger charge is -2.16. The average Bonchev–Trinajstić information content (AvgIpc) is 0.740. The number of ether oxygens (including phenoxy) is 12. The summed E-state index contributed by atoms with van der Waals surface area (Å²) in [6.45, 7) is 34.5. The summed E-state index contributed by atoms with van der Waals surface area (Å²) >= 11 is 0. The van der Waals surface area contributed by atoms with Gasteiger partial charge >= 0.3 is 68.7 Å². The summed E-state index contributed by atoms with van der Waals surface area (Å²) in [4.78, 5) is 114. The van der Waals surface area contributed by atoms with Crippen LogP contribution in [0.15, 0.2) is 189 Å². The third-order valence-corrected chi connectivity index (χ3v) is 21.7. The first-order valence-corrected chi connectivity index (χ1v) is 45.9.